The lowest BCUT2D eigenvalue weighted by molar-refractivity contribution is 0.481. The third-order valence-corrected chi connectivity index (χ3v) is 3.73. The summed E-state index contributed by atoms with van der Waals surface area (Å²) in [7, 11) is 0. The van der Waals surface area contributed by atoms with Gasteiger partial charge in [-0.3, -0.25) is 0 Å². The molecule has 1 aliphatic carbocycles. The second kappa shape index (κ2) is 4.66. The van der Waals surface area contributed by atoms with E-state index in [-0.39, 0.29) is 0 Å². The topological polar surface area (TPSA) is 41.6 Å². The number of nitrogens with zero attached hydrogens (tertiary/aromatic N) is 3. The molecule has 2 aromatic rings. The molecule has 0 saturated carbocycles. The molecule has 1 heterocycles. The molecule has 0 bridgehead atoms. The van der Waals surface area contributed by atoms with E-state index in [0.717, 1.165) is 6.54 Å². The molecule has 0 N–H and O–H groups in total. The summed E-state index contributed by atoms with van der Waals surface area (Å²) >= 11 is 0. The number of rotatable bonds is 2. The van der Waals surface area contributed by atoms with Gasteiger partial charge in [-0.2, -0.15) is 5.26 Å². The van der Waals surface area contributed by atoms with Crippen molar-refractivity contribution in [1.82, 2.24) is 9.55 Å². The highest BCUT2D eigenvalue weighted by atomic mass is 15.1. The monoisotopic (exact) mass is 237 g/mol. The number of fused-ring (bicyclic) bond motifs is 1. The smallest absolute Gasteiger partial charge is 0.212 e. The van der Waals surface area contributed by atoms with E-state index >= 15 is 0 Å². The fourth-order valence-electron chi connectivity index (χ4n) is 2.85. The molecular weight excluding hydrogens is 222 g/mol. The molecule has 1 aliphatic rings. The van der Waals surface area contributed by atoms with Crippen molar-refractivity contribution >= 4 is 0 Å². The molecule has 3 nitrogen and oxygen atoms in total. The predicted molar refractivity (Wildman–Crippen MR) is 69.1 cm³/mol. The maximum atomic E-state index is 9.00. The van der Waals surface area contributed by atoms with Crippen LogP contribution in [0, 0.1) is 11.3 Å². The van der Waals surface area contributed by atoms with Gasteiger partial charge in [-0.05, 0) is 30.4 Å². The Bertz CT molecular complexity index is 592. The van der Waals surface area contributed by atoms with E-state index in [4.69, 9.17) is 5.26 Å². The fourth-order valence-corrected chi connectivity index (χ4v) is 2.85. The van der Waals surface area contributed by atoms with E-state index < -0.39 is 0 Å². The zero-order valence-electron chi connectivity index (χ0n) is 10.2. The first-order valence-corrected chi connectivity index (χ1v) is 6.37. The van der Waals surface area contributed by atoms with Crippen molar-refractivity contribution in [3.63, 3.8) is 0 Å². The van der Waals surface area contributed by atoms with E-state index in [0.29, 0.717) is 11.7 Å². The summed E-state index contributed by atoms with van der Waals surface area (Å²) < 4.78 is 1.97. The molecule has 0 amide bonds. The molecule has 90 valence electrons. The Balaban J connectivity index is 1.89. The Hall–Kier alpha value is -2.08. The van der Waals surface area contributed by atoms with Gasteiger partial charge in [0.15, 0.2) is 0 Å². The largest absolute Gasteiger partial charge is 0.322 e. The molecule has 3 rings (SSSR count). The minimum absolute atomic E-state index is 0.510. The maximum absolute atomic E-state index is 9.00. The first kappa shape index (κ1) is 11.0. The number of benzene rings is 1. The summed E-state index contributed by atoms with van der Waals surface area (Å²) in [5, 5.41) is 9.00. The summed E-state index contributed by atoms with van der Waals surface area (Å²) in [4.78, 5) is 4.06. The van der Waals surface area contributed by atoms with Gasteiger partial charge in [0.1, 0.15) is 6.07 Å². The van der Waals surface area contributed by atoms with Crippen LogP contribution in [0.3, 0.4) is 0 Å². The first-order chi connectivity index (χ1) is 8.88. The summed E-state index contributed by atoms with van der Waals surface area (Å²) in [5.74, 6) is 1.02. The van der Waals surface area contributed by atoms with Gasteiger partial charge in [0, 0.05) is 24.9 Å². The average molecular weight is 237 g/mol. The van der Waals surface area contributed by atoms with Gasteiger partial charge in [-0.1, -0.05) is 24.3 Å². The van der Waals surface area contributed by atoms with Gasteiger partial charge in [0.05, 0.1) is 0 Å². The Morgan fingerprint density at radius 3 is 3.17 bits per heavy atom. The summed E-state index contributed by atoms with van der Waals surface area (Å²) in [6.07, 6.45) is 7.21. The predicted octanol–water partition coefficient (Wildman–Crippen LogP) is 2.87. The molecule has 1 aromatic carbocycles. The van der Waals surface area contributed by atoms with Gasteiger partial charge in [0.2, 0.25) is 5.82 Å². The molecule has 18 heavy (non-hydrogen) atoms. The summed E-state index contributed by atoms with van der Waals surface area (Å²) in [6.45, 7) is 0.861. The molecule has 1 atom stereocenters. The van der Waals surface area contributed by atoms with E-state index in [1.54, 1.807) is 6.20 Å². The summed E-state index contributed by atoms with van der Waals surface area (Å²) in [6, 6.07) is 10.8. The number of nitriles is 1. The second-order valence-electron chi connectivity index (χ2n) is 4.80. The Morgan fingerprint density at radius 1 is 1.39 bits per heavy atom. The van der Waals surface area contributed by atoms with Crippen LogP contribution in [-0.4, -0.2) is 9.55 Å². The molecule has 0 spiro atoms. The quantitative estimate of drug-likeness (QED) is 0.806. The lowest BCUT2D eigenvalue weighted by Gasteiger charge is -2.25. The van der Waals surface area contributed by atoms with E-state index in [1.165, 1.54) is 30.4 Å². The third-order valence-electron chi connectivity index (χ3n) is 3.73. The van der Waals surface area contributed by atoms with E-state index in [1.807, 2.05) is 10.8 Å². The minimum atomic E-state index is 0.510. The van der Waals surface area contributed by atoms with Crippen LogP contribution in [0.4, 0.5) is 0 Å². The molecule has 1 aromatic heterocycles. The van der Waals surface area contributed by atoms with Crippen LogP contribution in [0.25, 0.3) is 0 Å². The van der Waals surface area contributed by atoms with Crippen molar-refractivity contribution in [3.05, 3.63) is 53.6 Å². The van der Waals surface area contributed by atoms with Crippen molar-refractivity contribution in [3.8, 4) is 6.07 Å². The van der Waals surface area contributed by atoms with Crippen LogP contribution in [-0.2, 0) is 13.0 Å². The van der Waals surface area contributed by atoms with Gasteiger partial charge in [-0.15, -0.1) is 0 Å². The van der Waals surface area contributed by atoms with Crippen molar-refractivity contribution in [2.24, 2.45) is 0 Å². The fraction of sp³-hybridized carbons (Fsp3) is 0.333. The van der Waals surface area contributed by atoms with Crippen LogP contribution in [0.15, 0.2) is 36.7 Å². The molecule has 0 aliphatic heterocycles. The van der Waals surface area contributed by atoms with Crippen LogP contribution in [0.5, 0.6) is 0 Å². The molecule has 0 saturated heterocycles. The maximum Gasteiger partial charge on any atom is 0.212 e. The highest BCUT2D eigenvalue weighted by Crippen LogP contribution is 2.32. The molecular formula is C15H15N3. The Morgan fingerprint density at radius 2 is 2.28 bits per heavy atom. The standard InChI is InChI=1S/C15H15N3/c16-10-15-17-8-9-18(15)11-13-6-3-5-12-4-1-2-7-14(12)13/h1-2,4,7-9,13H,3,5-6,11H2. The Labute approximate surface area is 107 Å². The molecule has 1 unspecified atom stereocenters. The van der Waals surface area contributed by atoms with Gasteiger partial charge in [-0.25, -0.2) is 4.98 Å². The number of aromatic nitrogens is 2. The van der Waals surface area contributed by atoms with Crippen LogP contribution >= 0.6 is 0 Å². The normalized spacial score (nSPS) is 18.1. The second-order valence-corrected chi connectivity index (χ2v) is 4.80. The van der Waals surface area contributed by atoms with Crippen molar-refractivity contribution in [1.29, 1.82) is 5.26 Å². The number of hydrogen-bond donors (Lipinski definition) is 0. The number of aryl methyl sites for hydroxylation is 1. The lowest BCUT2D eigenvalue weighted by atomic mass is 9.83. The number of imidazole rings is 1. The third kappa shape index (κ3) is 1.91. The van der Waals surface area contributed by atoms with Crippen LogP contribution in [0.1, 0.15) is 35.7 Å². The molecule has 0 radical (unpaired) electrons. The van der Waals surface area contributed by atoms with Crippen molar-refractivity contribution < 1.29 is 0 Å². The first-order valence-electron chi connectivity index (χ1n) is 6.37. The van der Waals surface area contributed by atoms with Crippen molar-refractivity contribution in [2.45, 2.75) is 31.7 Å². The van der Waals surface area contributed by atoms with E-state index in [2.05, 4.69) is 35.3 Å². The SMILES string of the molecule is N#Cc1nccn1CC1CCCc2ccccc21. The van der Waals surface area contributed by atoms with Crippen LogP contribution in [0.2, 0.25) is 0 Å². The highest BCUT2D eigenvalue weighted by Gasteiger charge is 2.20. The van der Waals surface area contributed by atoms with Crippen molar-refractivity contribution in [2.75, 3.05) is 0 Å². The van der Waals surface area contributed by atoms with Crippen LogP contribution < -0.4 is 0 Å². The van der Waals surface area contributed by atoms with Gasteiger partial charge in [0.25, 0.3) is 0 Å². The average Bonchev–Trinajstić information content (AvgIpc) is 2.86. The zero-order valence-corrected chi connectivity index (χ0v) is 10.2. The van der Waals surface area contributed by atoms with Gasteiger partial charge < -0.3 is 4.57 Å². The minimum Gasteiger partial charge on any atom is -0.322 e. The Kier molecular flexibility index (Phi) is 2.85. The molecule has 3 heteroatoms. The lowest BCUT2D eigenvalue weighted by Crippen LogP contribution is -2.16. The van der Waals surface area contributed by atoms with Gasteiger partial charge >= 0.3 is 0 Å². The van der Waals surface area contributed by atoms with E-state index in [9.17, 15) is 0 Å². The molecule has 0 fully saturated rings. The highest BCUT2D eigenvalue weighted by molar-refractivity contribution is 5.32. The zero-order chi connectivity index (χ0) is 12.4. The summed E-state index contributed by atoms with van der Waals surface area (Å²) in [5.41, 5.74) is 2.91. The number of hydrogen-bond acceptors (Lipinski definition) is 2.